The maximum Gasteiger partial charge on any atom is 0.0598 e. The molecular formula is C23H40N3OPS2. The normalized spacial score (nSPS) is 14.1. The lowest BCUT2D eigenvalue weighted by atomic mass is 9.93. The monoisotopic (exact) mass is 469 g/mol. The van der Waals surface area contributed by atoms with E-state index in [9.17, 15) is 0 Å². The van der Waals surface area contributed by atoms with Crippen LogP contribution in [0.3, 0.4) is 0 Å². The van der Waals surface area contributed by atoms with Crippen molar-refractivity contribution in [3.05, 3.63) is 53.4 Å². The Morgan fingerprint density at radius 2 is 1.80 bits per heavy atom. The van der Waals surface area contributed by atoms with Gasteiger partial charge in [-0.15, -0.1) is 32.3 Å². The summed E-state index contributed by atoms with van der Waals surface area (Å²) in [6, 6.07) is 15.6. The predicted octanol–water partition coefficient (Wildman–Crippen LogP) is 5.11. The molecule has 0 fully saturated rings. The Balaban J connectivity index is 0.00000141. The number of benzene rings is 1. The smallest absolute Gasteiger partial charge is 0.0598 e. The Kier molecular flexibility index (Phi) is 15.8. The van der Waals surface area contributed by atoms with Crippen molar-refractivity contribution >= 4 is 32.3 Å². The molecule has 4 unspecified atom stereocenters. The highest BCUT2D eigenvalue weighted by atomic mass is 32.2. The highest BCUT2D eigenvalue weighted by molar-refractivity contribution is 8.01. The number of thiophene rings is 1. The van der Waals surface area contributed by atoms with Crippen molar-refractivity contribution < 1.29 is 5.21 Å². The highest BCUT2D eigenvalue weighted by Gasteiger charge is 2.21. The first-order valence-corrected chi connectivity index (χ1v) is 13.2. The largest absolute Gasteiger partial charge is 0.318 e. The Morgan fingerprint density at radius 3 is 2.37 bits per heavy atom. The van der Waals surface area contributed by atoms with E-state index in [1.165, 1.54) is 35.4 Å². The fraction of sp³-hybridized carbons (Fsp3) is 0.565. The molecule has 30 heavy (non-hydrogen) atoms. The summed E-state index contributed by atoms with van der Waals surface area (Å²) in [5.74, 6) is 3.04. The molecule has 0 bridgehead atoms. The molecule has 2 aromatic rings. The first-order valence-electron chi connectivity index (χ1n) is 10.7. The predicted molar refractivity (Wildman–Crippen MR) is 138 cm³/mol. The third kappa shape index (κ3) is 12.4. The van der Waals surface area contributed by atoms with E-state index in [0.29, 0.717) is 17.7 Å². The standard InChI is InChI=1S/C22H35N2PS2.CH5NO/c1-17(2)14-19(11-13-27-21-10-7-12-26-21)22(25)24-20(16-23-3)15-18-8-5-4-6-9-18;1-2-3/h4-10,12,17,19-20,22-24H,11,13-16,25H2,1-3H3;2-3H,1H3. The summed E-state index contributed by atoms with van der Waals surface area (Å²) in [5.41, 5.74) is 3.15. The fourth-order valence-electron chi connectivity index (χ4n) is 3.45. The number of nitrogens with one attached hydrogen (secondary N) is 3. The molecule has 0 amide bonds. The minimum Gasteiger partial charge on any atom is -0.318 e. The fourth-order valence-corrected chi connectivity index (χ4v) is 6.00. The number of hydroxylamine groups is 1. The highest BCUT2D eigenvalue weighted by Crippen LogP contribution is 2.29. The van der Waals surface area contributed by atoms with Crippen molar-refractivity contribution in [1.82, 2.24) is 16.1 Å². The molecule has 1 heterocycles. The first kappa shape index (κ1) is 27.6. The van der Waals surface area contributed by atoms with E-state index in [2.05, 4.69) is 81.6 Å². The lowest BCUT2D eigenvalue weighted by molar-refractivity contribution is 0.194. The lowest BCUT2D eigenvalue weighted by Crippen LogP contribution is -2.45. The second kappa shape index (κ2) is 17.1. The van der Waals surface area contributed by atoms with Crippen LogP contribution in [-0.4, -0.2) is 43.4 Å². The maximum atomic E-state index is 7.32. The lowest BCUT2D eigenvalue weighted by Gasteiger charge is -2.30. The molecule has 1 aromatic carbocycles. The quantitative estimate of drug-likeness (QED) is 0.187. The number of hydrogen-bond donors (Lipinski definition) is 4. The van der Waals surface area contributed by atoms with E-state index in [1.54, 1.807) is 5.48 Å². The zero-order valence-electron chi connectivity index (χ0n) is 18.8. The molecule has 0 aliphatic rings. The Bertz CT molecular complexity index is 629. The van der Waals surface area contributed by atoms with Gasteiger partial charge < -0.3 is 15.8 Å². The van der Waals surface area contributed by atoms with Crippen LogP contribution in [0.1, 0.15) is 32.3 Å². The second-order valence-corrected chi connectivity index (χ2v) is 10.9. The summed E-state index contributed by atoms with van der Waals surface area (Å²) in [6.07, 6.45) is 3.58. The molecule has 1 aromatic heterocycles. The van der Waals surface area contributed by atoms with Crippen molar-refractivity contribution in [1.29, 1.82) is 0 Å². The van der Waals surface area contributed by atoms with E-state index in [-0.39, 0.29) is 0 Å². The van der Waals surface area contributed by atoms with Crippen LogP contribution in [0.2, 0.25) is 0 Å². The molecule has 2 rings (SSSR count). The maximum absolute atomic E-state index is 7.32. The molecule has 0 aliphatic carbocycles. The summed E-state index contributed by atoms with van der Waals surface area (Å²) in [6.45, 7) is 5.66. The zero-order valence-corrected chi connectivity index (χ0v) is 21.6. The van der Waals surface area contributed by atoms with Gasteiger partial charge in [0, 0.05) is 25.4 Å². The van der Waals surface area contributed by atoms with Crippen molar-refractivity contribution in [2.45, 2.75) is 49.1 Å². The van der Waals surface area contributed by atoms with Gasteiger partial charge in [-0.1, -0.05) is 50.2 Å². The van der Waals surface area contributed by atoms with Crippen LogP contribution in [0, 0.1) is 11.8 Å². The number of likely N-dealkylation sites (N-methyl/N-ethyl adjacent to an activating group) is 1. The third-order valence-electron chi connectivity index (χ3n) is 4.71. The molecule has 4 atom stereocenters. The van der Waals surface area contributed by atoms with E-state index in [0.717, 1.165) is 18.9 Å². The molecule has 7 heteroatoms. The third-order valence-corrected chi connectivity index (χ3v) is 7.61. The summed E-state index contributed by atoms with van der Waals surface area (Å²) in [7, 11) is 6.57. The Hall–Kier alpha value is -0.460. The number of hydrogen-bond acceptors (Lipinski definition) is 6. The van der Waals surface area contributed by atoms with Gasteiger partial charge >= 0.3 is 0 Å². The minimum atomic E-state index is 0.443. The zero-order chi connectivity index (χ0) is 22.2. The topological polar surface area (TPSA) is 56.3 Å². The summed E-state index contributed by atoms with van der Waals surface area (Å²) in [5, 5.41) is 16.8. The van der Waals surface area contributed by atoms with Crippen molar-refractivity contribution in [2.75, 3.05) is 26.4 Å². The van der Waals surface area contributed by atoms with Crippen molar-refractivity contribution in [2.24, 2.45) is 11.8 Å². The van der Waals surface area contributed by atoms with Gasteiger partial charge in [0.15, 0.2) is 0 Å². The number of thioether (sulfide) groups is 1. The second-order valence-electron chi connectivity index (χ2n) is 7.82. The van der Waals surface area contributed by atoms with Crippen LogP contribution in [0.15, 0.2) is 52.1 Å². The van der Waals surface area contributed by atoms with Crippen LogP contribution in [0.4, 0.5) is 0 Å². The Labute approximate surface area is 194 Å². The molecule has 170 valence electrons. The molecule has 0 aliphatic heterocycles. The van der Waals surface area contributed by atoms with Gasteiger partial charge in [-0.2, -0.15) is 0 Å². The van der Waals surface area contributed by atoms with Crippen molar-refractivity contribution in [3.63, 3.8) is 0 Å². The number of rotatable bonds is 13. The summed E-state index contributed by atoms with van der Waals surface area (Å²) < 4.78 is 1.43. The minimum absolute atomic E-state index is 0.443. The average molecular weight is 470 g/mol. The SMILES string of the molecule is CNCC(Cc1ccccc1)NC(P)C(CCSc1cccs1)CC(C)C.CNO. The summed E-state index contributed by atoms with van der Waals surface area (Å²) >= 11 is 3.85. The van der Waals surface area contributed by atoms with E-state index in [1.807, 2.05) is 30.1 Å². The van der Waals surface area contributed by atoms with Crippen molar-refractivity contribution in [3.8, 4) is 0 Å². The van der Waals surface area contributed by atoms with Crippen LogP contribution < -0.4 is 16.1 Å². The molecule has 0 spiro atoms. The molecular weight excluding hydrogens is 429 g/mol. The van der Waals surface area contributed by atoms with Gasteiger partial charge in [0.25, 0.3) is 0 Å². The van der Waals surface area contributed by atoms with Gasteiger partial charge in [-0.3, -0.25) is 0 Å². The van der Waals surface area contributed by atoms with Crippen LogP contribution in [0.5, 0.6) is 0 Å². The average Bonchev–Trinajstić information content (AvgIpc) is 3.22. The molecule has 0 saturated heterocycles. The Morgan fingerprint density at radius 1 is 1.10 bits per heavy atom. The van der Waals surface area contributed by atoms with E-state index >= 15 is 0 Å². The molecule has 4 nitrogen and oxygen atoms in total. The molecule has 4 N–H and O–H groups in total. The van der Waals surface area contributed by atoms with Gasteiger partial charge in [-0.25, -0.2) is 5.48 Å². The van der Waals surface area contributed by atoms with Gasteiger partial charge in [0.1, 0.15) is 0 Å². The van der Waals surface area contributed by atoms with Gasteiger partial charge in [0.05, 0.1) is 4.21 Å². The molecule has 0 radical (unpaired) electrons. The summed E-state index contributed by atoms with van der Waals surface area (Å²) in [4.78, 5) is 0. The van der Waals surface area contributed by atoms with E-state index in [4.69, 9.17) is 5.21 Å². The molecule has 0 saturated carbocycles. The van der Waals surface area contributed by atoms with Gasteiger partial charge in [0.2, 0.25) is 0 Å². The van der Waals surface area contributed by atoms with E-state index < -0.39 is 0 Å². The van der Waals surface area contributed by atoms with Crippen LogP contribution in [0.25, 0.3) is 0 Å². The van der Waals surface area contributed by atoms with Crippen LogP contribution >= 0.6 is 32.3 Å². The van der Waals surface area contributed by atoms with Crippen LogP contribution in [-0.2, 0) is 6.42 Å². The first-order chi connectivity index (χ1) is 14.5. The van der Waals surface area contributed by atoms with Gasteiger partial charge in [-0.05, 0) is 60.9 Å².